The van der Waals surface area contributed by atoms with E-state index in [0.717, 1.165) is 5.56 Å². The topological polar surface area (TPSA) is 100 Å². The van der Waals surface area contributed by atoms with E-state index < -0.39 is 11.4 Å². The molecule has 3 aromatic rings. The number of aryl methyl sites for hydroxylation is 1. The van der Waals surface area contributed by atoms with Gasteiger partial charge in [0.05, 0.1) is 5.56 Å². The molecule has 0 saturated heterocycles. The molecule has 0 unspecified atom stereocenters. The van der Waals surface area contributed by atoms with Crippen molar-refractivity contribution in [2.24, 2.45) is 0 Å². The van der Waals surface area contributed by atoms with Crippen molar-refractivity contribution in [3.8, 4) is 11.4 Å². The van der Waals surface area contributed by atoms with Gasteiger partial charge in [-0.2, -0.15) is 4.98 Å². The smallest absolute Gasteiger partial charge is 0.278 e. The van der Waals surface area contributed by atoms with E-state index >= 15 is 0 Å². The first kappa shape index (κ1) is 11.4. The predicted molar refractivity (Wildman–Crippen MR) is 69.1 cm³/mol. The number of nitrogens with zero attached hydrogens (tertiary/aromatic N) is 2. The van der Waals surface area contributed by atoms with Crippen molar-refractivity contribution in [3.63, 3.8) is 0 Å². The zero-order valence-electron chi connectivity index (χ0n) is 9.99. The molecule has 0 atom stereocenters. The number of rotatable bonds is 1. The molecule has 0 spiro atoms. The van der Waals surface area contributed by atoms with Gasteiger partial charge in [0.1, 0.15) is 11.6 Å². The van der Waals surface area contributed by atoms with Gasteiger partial charge in [-0.3, -0.25) is 9.78 Å². The molecule has 7 heteroatoms. The molecule has 0 bridgehead atoms. The van der Waals surface area contributed by atoms with Crippen molar-refractivity contribution in [2.45, 2.75) is 6.92 Å². The Balaban J connectivity index is 2.26. The van der Waals surface area contributed by atoms with Gasteiger partial charge in [0.25, 0.3) is 5.56 Å². The maximum absolute atomic E-state index is 13.9. The maximum atomic E-state index is 13.9. The van der Waals surface area contributed by atoms with Crippen LogP contribution < -0.4 is 11.3 Å². The molecule has 0 amide bonds. The normalized spacial score (nSPS) is 11.1. The van der Waals surface area contributed by atoms with Gasteiger partial charge < -0.3 is 10.7 Å². The zero-order chi connectivity index (χ0) is 13.6. The van der Waals surface area contributed by atoms with Gasteiger partial charge in [-0.25, -0.2) is 9.37 Å². The molecule has 0 aliphatic rings. The predicted octanol–water partition coefficient (Wildman–Crippen LogP) is 1.34. The third-order valence-corrected chi connectivity index (χ3v) is 2.76. The van der Waals surface area contributed by atoms with Gasteiger partial charge in [0.2, 0.25) is 5.95 Å². The van der Waals surface area contributed by atoms with Gasteiger partial charge in [-0.05, 0) is 24.6 Å². The summed E-state index contributed by atoms with van der Waals surface area (Å²) in [5.41, 5.74) is 6.41. The Bertz CT molecular complexity index is 836. The number of imidazole rings is 1. The van der Waals surface area contributed by atoms with E-state index in [9.17, 15) is 9.18 Å². The Morgan fingerprint density at radius 2 is 2.05 bits per heavy atom. The molecular formula is C12H10FN5O. The zero-order valence-corrected chi connectivity index (χ0v) is 9.99. The number of halogens is 1. The fourth-order valence-corrected chi connectivity index (χ4v) is 1.86. The van der Waals surface area contributed by atoms with Crippen molar-refractivity contribution < 1.29 is 4.39 Å². The number of benzene rings is 1. The fourth-order valence-electron chi connectivity index (χ4n) is 1.86. The number of hydrogen-bond acceptors (Lipinski definition) is 4. The van der Waals surface area contributed by atoms with Crippen LogP contribution in [-0.4, -0.2) is 19.9 Å². The lowest BCUT2D eigenvalue weighted by molar-refractivity contribution is 0.629. The largest absolute Gasteiger partial charge is 0.369 e. The summed E-state index contributed by atoms with van der Waals surface area (Å²) in [6.45, 7) is 1.79. The Hall–Kier alpha value is -2.70. The minimum Gasteiger partial charge on any atom is -0.369 e. The Kier molecular flexibility index (Phi) is 2.34. The minimum absolute atomic E-state index is 0.0278. The second-order valence-corrected chi connectivity index (χ2v) is 4.22. The number of nitrogens with two attached hydrogens (primary N) is 1. The highest BCUT2D eigenvalue weighted by Crippen LogP contribution is 2.22. The number of nitrogens with one attached hydrogen (secondary N) is 2. The van der Waals surface area contributed by atoms with Crippen molar-refractivity contribution in [2.75, 3.05) is 5.73 Å². The first-order valence-electron chi connectivity index (χ1n) is 5.56. The van der Waals surface area contributed by atoms with Crippen molar-refractivity contribution in [1.82, 2.24) is 19.9 Å². The summed E-state index contributed by atoms with van der Waals surface area (Å²) < 4.78 is 13.9. The van der Waals surface area contributed by atoms with Gasteiger partial charge in [0.15, 0.2) is 11.2 Å². The van der Waals surface area contributed by atoms with E-state index in [0.29, 0.717) is 0 Å². The second kappa shape index (κ2) is 3.91. The highest BCUT2D eigenvalue weighted by Gasteiger charge is 2.13. The van der Waals surface area contributed by atoms with Crippen LogP contribution >= 0.6 is 0 Å². The van der Waals surface area contributed by atoms with E-state index in [1.54, 1.807) is 19.1 Å². The lowest BCUT2D eigenvalue weighted by atomic mass is 10.1. The Morgan fingerprint density at radius 1 is 1.26 bits per heavy atom. The highest BCUT2D eigenvalue weighted by atomic mass is 19.1. The number of aromatic amines is 2. The van der Waals surface area contributed by atoms with Crippen LogP contribution in [0.15, 0.2) is 23.0 Å². The van der Waals surface area contributed by atoms with Gasteiger partial charge in [-0.1, -0.05) is 6.07 Å². The Morgan fingerprint density at radius 3 is 2.79 bits per heavy atom. The van der Waals surface area contributed by atoms with Crippen LogP contribution in [0, 0.1) is 12.7 Å². The number of hydrogen-bond donors (Lipinski definition) is 3. The van der Waals surface area contributed by atoms with Crippen LogP contribution in [0.3, 0.4) is 0 Å². The van der Waals surface area contributed by atoms with Crippen LogP contribution in [0.2, 0.25) is 0 Å². The third-order valence-electron chi connectivity index (χ3n) is 2.76. The van der Waals surface area contributed by atoms with Gasteiger partial charge >= 0.3 is 0 Å². The number of fused-ring (bicyclic) bond motifs is 1. The number of aromatic nitrogens is 4. The van der Waals surface area contributed by atoms with Crippen LogP contribution in [0.4, 0.5) is 10.3 Å². The van der Waals surface area contributed by atoms with E-state index in [-0.39, 0.29) is 28.5 Å². The van der Waals surface area contributed by atoms with Crippen molar-refractivity contribution in [1.29, 1.82) is 0 Å². The molecule has 2 heterocycles. The molecule has 0 aliphatic carbocycles. The van der Waals surface area contributed by atoms with E-state index in [1.165, 1.54) is 6.07 Å². The summed E-state index contributed by atoms with van der Waals surface area (Å²) in [5.74, 6) is -0.195. The summed E-state index contributed by atoms with van der Waals surface area (Å²) in [7, 11) is 0. The van der Waals surface area contributed by atoms with Crippen molar-refractivity contribution in [3.05, 3.63) is 39.9 Å². The number of nitrogen functional groups attached to an aromatic ring is 1. The van der Waals surface area contributed by atoms with Crippen LogP contribution in [0.1, 0.15) is 5.56 Å². The lowest BCUT2D eigenvalue weighted by Crippen LogP contribution is -2.10. The van der Waals surface area contributed by atoms with Crippen LogP contribution in [0.5, 0.6) is 0 Å². The van der Waals surface area contributed by atoms with E-state index in [1.807, 2.05) is 0 Å². The van der Waals surface area contributed by atoms with E-state index in [2.05, 4.69) is 19.9 Å². The first-order chi connectivity index (χ1) is 9.04. The van der Waals surface area contributed by atoms with Gasteiger partial charge in [0, 0.05) is 0 Å². The Labute approximate surface area is 106 Å². The quantitative estimate of drug-likeness (QED) is 0.614. The molecule has 0 saturated carbocycles. The SMILES string of the molecule is Cc1ccc(-c2nc3nc(N)[nH]c(=O)c3[nH]2)c(F)c1. The van der Waals surface area contributed by atoms with Crippen LogP contribution in [-0.2, 0) is 0 Å². The molecule has 0 fully saturated rings. The third kappa shape index (κ3) is 1.85. The molecule has 6 nitrogen and oxygen atoms in total. The average molecular weight is 259 g/mol. The molecule has 4 N–H and O–H groups in total. The average Bonchev–Trinajstić information content (AvgIpc) is 2.72. The lowest BCUT2D eigenvalue weighted by Gasteiger charge is -1.99. The summed E-state index contributed by atoms with van der Waals surface area (Å²) in [4.78, 5) is 24.7. The molecule has 96 valence electrons. The van der Waals surface area contributed by atoms with Crippen molar-refractivity contribution >= 4 is 17.1 Å². The molecule has 1 aromatic carbocycles. The first-order valence-corrected chi connectivity index (χ1v) is 5.56. The summed E-state index contributed by atoms with van der Waals surface area (Å²) in [6.07, 6.45) is 0. The molecule has 0 aliphatic heterocycles. The highest BCUT2D eigenvalue weighted by molar-refractivity contribution is 5.75. The molecule has 3 rings (SSSR count). The summed E-state index contributed by atoms with van der Waals surface area (Å²) in [6, 6.07) is 4.76. The summed E-state index contributed by atoms with van der Waals surface area (Å²) >= 11 is 0. The summed E-state index contributed by atoms with van der Waals surface area (Å²) in [5, 5.41) is 0. The number of H-pyrrole nitrogens is 2. The molecule has 0 radical (unpaired) electrons. The maximum Gasteiger partial charge on any atom is 0.278 e. The van der Waals surface area contributed by atoms with E-state index in [4.69, 9.17) is 5.73 Å². The standard InChI is InChI=1S/C12H10FN5O/c1-5-2-3-6(7(13)4-5)9-15-8-10(16-9)17-12(14)18-11(8)19/h2-4H,1H3,(H4,14,15,16,17,18,19). The minimum atomic E-state index is -0.436. The molecule has 2 aromatic heterocycles. The van der Waals surface area contributed by atoms with Gasteiger partial charge in [-0.15, -0.1) is 0 Å². The molecule has 19 heavy (non-hydrogen) atoms. The number of anilines is 1. The fraction of sp³-hybridized carbons (Fsp3) is 0.0833. The molecular weight excluding hydrogens is 249 g/mol. The second-order valence-electron chi connectivity index (χ2n) is 4.22. The monoisotopic (exact) mass is 259 g/mol. The van der Waals surface area contributed by atoms with Crippen LogP contribution in [0.25, 0.3) is 22.6 Å².